The molecule has 172 valence electrons. The first-order chi connectivity index (χ1) is 16.2. The highest BCUT2D eigenvalue weighted by Gasteiger charge is 2.31. The molecule has 0 spiro atoms. The zero-order valence-corrected chi connectivity index (χ0v) is 19.2. The topological polar surface area (TPSA) is 86.9 Å². The van der Waals surface area contributed by atoms with E-state index in [9.17, 15) is 4.79 Å². The smallest absolute Gasteiger partial charge is 0.277 e. The summed E-state index contributed by atoms with van der Waals surface area (Å²) in [6.07, 6.45) is 1.90. The van der Waals surface area contributed by atoms with Gasteiger partial charge in [0.15, 0.2) is 18.1 Å². The Labute approximate surface area is 196 Å². The molecule has 0 radical (unpaired) electrons. The Hall–Kier alpha value is -3.20. The van der Waals surface area contributed by atoms with Crippen molar-refractivity contribution in [3.8, 4) is 17.2 Å². The van der Waals surface area contributed by atoms with Gasteiger partial charge >= 0.3 is 0 Å². The number of benzene rings is 2. The van der Waals surface area contributed by atoms with Crippen molar-refractivity contribution in [3.63, 3.8) is 0 Å². The minimum absolute atomic E-state index is 0.0371. The number of aromatic nitrogens is 2. The van der Waals surface area contributed by atoms with Gasteiger partial charge in [-0.1, -0.05) is 35.5 Å². The summed E-state index contributed by atoms with van der Waals surface area (Å²) in [6, 6.07) is 13.7. The molecule has 0 saturated carbocycles. The molecule has 1 fully saturated rings. The summed E-state index contributed by atoms with van der Waals surface area (Å²) in [5, 5.41) is 8.41. The van der Waals surface area contributed by atoms with Crippen LogP contribution in [0.2, 0.25) is 0 Å². The largest absolute Gasteiger partial charge is 0.486 e. The highest BCUT2D eigenvalue weighted by molar-refractivity contribution is 7.99. The first-order valence-electron chi connectivity index (χ1n) is 11.0. The maximum atomic E-state index is 13.0. The van der Waals surface area contributed by atoms with E-state index in [1.165, 1.54) is 11.8 Å². The second-order valence-corrected chi connectivity index (χ2v) is 8.93. The molecule has 3 aromatic rings. The molecular weight excluding hydrogens is 442 g/mol. The molecule has 2 aliphatic heterocycles. The highest BCUT2D eigenvalue weighted by Crippen LogP contribution is 2.38. The van der Waals surface area contributed by atoms with Crippen LogP contribution in [0.3, 0.4) is 0 Å². The molecule has 0 bridgehead atoms. The number of nitrogens with zero attached hydrogens (tertiary/aromatic N) is 3. The molecule has 0 N–H and O–H groups in total. The number of aryl methyl sites for hydroxylation is 1. The van der Waals surface area contributed by atoms with Crippen LogP contribution in [0.15, 0.2) is 52.1 Å². The van der Waals surface area contributed by atoms with Gasteiger partial charge in [-0.2, -0.15) is 0 Å². The van der Waals surface area contributed by atoms with Gasteiger partial charge in [-0.15, -0.1) is 10.2 Å². The number of fused-ring (bicyclic) bond motifs is 1. The van der Waals surface area contributed by atoms with Gasteiger partial charge in [-0.05, 0) is 49.6 Å². The van der Waals surface area contributed by atoms with E-state index in [-0.39, 0.29) is 24.3 Å². The molecule has 1 amide bonds. The van der Waals surface area contributed by atoms with E-state index >= 15 is 0 Å². The van der Waals surface area contributed by atoms with Gasteiger partial charge in [0.05, 0.1) is 11.8 Å². The summed E-state index contributed by atoms with van der Waals surface area (Å²) in [5.41, 5.74) is 2.24. The van der Waals surface area contributed by atoms with Crippen molar-refractivity contribution in [2.45, 2.75) is 37.6 Å². The van der Waals surface area contributed by atoms with Crippen molar-refractivity contribution in [1.29, 1.82) is 0 Å². The second kappa shape index (κ2) is 9.74. The van der Waals surface area contributed by atoms with E-state index in [0.29, 0.717) is 24.3 Å². The third-order valence-electron chi connectivity index (χ3n) is 5.67. The Morgan fingerprint density at radius 2 is 1.94 bits per heavy atom. The number of hydrogen-bond donors (Lipinski definition) is 0. The van der Waals surface area contributed by atoms with Crippen LogP contribution < -0.4 is 14.2 Å². The van der Waals surface area contributed by atoms with Crippen molar-refractivity contribution in [1.82, 2.24) is 15.1 Å². The fourth-order valence-electron chi connectivity index (χ4n) is 4.02. The summed E-state index contributed by atoms with van der Waals surface area (Å²) in [5.74, 6) is 2.91. The van der Waals surface area contributed by atoms with Crippen molar-refractivity contribution in [3.05, 3.63) is 59.5 Å². The van der Waals surface area contributed by atoms with Gasteiger partial charge in [0, 0.05) is 6.54 Å². The molecule has 2 aromatic carbocycles. The lowest BCUT2D eigenvalue weighted by Crippen LogP contribution is -2.32. The Kier molecular flexibility index (Phi) is 6.39. The SMILES string of the molecule is Cc1ccc(OCc2nnc(SCC(=O)N3CCCC3c3ccc4c(c3)OCCO4)o2)cc1. The number of carbonyl (C=O) groups is 1. The van der Waals surface area contributed by atoms with Gasteiger partial charge in [0.1, 0.15) is 19.0 Å². The van der Waals surface area contributed by atoms with Gasteiger partial charge in [0.25, 0.3) is 11.1 Å². The first kappa shape index (κ1) is 21.6. The first-order valence-corrected chi connectivity index (χ1v) is 12.0. The molecule has 0 aliphatic carbocycles. The number of thioether (sulfide) groups is 1. The lowest BCUT2D eigenvalue weighted by atomic mass is 10.0. The summed E-state index contributed by atoms with van der Waals surface area (Å²) in [4.78, 5) is 14.9. The summed E-state index contributed by atoms with van der Waals surface area (Å²) in [6.45, 7) is 4.05. The fraction of sp³-hybridized carbons (Fsp3) is 0.375. The predicted octanol–water partition coefficient (Wildman–Crippen LogP) is 4.18. The van der Waals surface area contributed by atoms with Crippen LogP contribution >= 0.6 is 11.8 Å². The Balaban J connectivity index is 1.16. The number of likely N-dealkylation sites (tertiary alicyclic amines) is 1. The molecule has 3 heterocycles. The quantitative estimate of drug-likeness (QED) is 0.478. The van der Waals surface area contributed by atoms with Crippen LogP contribution in [-0.4, -0.2) is 46.5 Å². The van der Waals surface area contributed by atoms with E-state index in [4.69, 9.17) is 18.6 Å². The third kappa shape index (κ3) is 5.08. The summed E-state index contributed by atoms with van der Waals surface area (Å²) in [7, 11) is 0. The van der Waals surface area contributed by atoms with E-state index in [2.05, 4.69) is 10.2 Å². The number of amides is 1. The van der Waals surface area contributed by atoms with E-state index in [0.717, 1.165) is 47.8 Å². The minimum atomic E-state index is 0.0371. The third-order valence-corrected chi connectivity index (χ3v) is 6.48. The van der Waals surface area contributed by atoms with Crippen molar-refractivity contribution in [2.75, 3.05) is 25.5 Å². The Morgan fingerprint density at radius 3 is 2.79 bits per heavy atom. The number of rotatable bonds is 7. The monoisotopic (exact) mass is 467 g/mol. The standard InChI is InChI=1S/C24H25N3O5S/c1-16-4-7-18(8-5-16)31-14-22-25-26-24(32-22)33-15-23(28)27-10-2-3-19(27)17-6-9-20-21(13-17)30-12-11-29-20/h4-9,13,19H,2-3,10-12,14-15H2,1H3. The average molecular weight is 468 g/mol. The zero-order chi connectivity index (χ0) is 22.6. The van der Waals surface area contributed by atoms with E-state index in [1.807, 2.05) is 54.3 Å². The molecule has 1 aromatic heterocycles. The van der Waals surface area contributed by atoms with Crippen LogP contribution in [0.25, 0.3) is 0 Å². The normalized spacial score (nSPS) is 17.2. The molecule has 1 saturated heterocycles. The molecule has 8 nitrogen and oxygen atoms in total. The summed E-state index contributed by atoms with van der Waals surface area (Å²) >= 11 is 1.25. The second-order valence-electron chi connectivity index (χ2n) is 8.00. The molecule has 1 atom stereocenters. The molecule has 1 unspecified atom stereocenters. The predicted molar refractivity (Wildman–Crippen MR) is 122 cm³/mol. The lowest BCUT2D eigenvalue weighted by Gasteiger charge is -2.26. The number of hydrogen-bond acceptors (Lipinski definition) is 8. The van der Waals surface area contributed by atoms with Crippen LogP contribution in [-0.2, 0) is 11.4 Å². The summed E-state index contributed by atoms with van der Waals surface area (Å²) < 4.78 is 22.6. The van der Waals surface area contributed by atoms with Crippen LogP contribution in [0.5, 0.6) is 17.2 Å². The Morgan fingerprint density at radius 1 is 1.12 bits per heavy atom. The lowest BCUT2D eigenvalue weighted by molar-refractivity contribution is -0.129. The molecular formula is C24H25N3O5S. The molecule has 9 heteroatoms. The molecule has 5 rings (SSSR count). The number of ether oxygens (including phenoxy) is 3. The van der Waals surface area contributed by atoms with Gasteiger partial charge in [0.2, 0.25) is 5.91 Å². The number of carbonyl (C=O) groups excluding carboxylic acids is 1. The highest BCUT2D eigenvalue weighted by atomic mass is 32.2. The zero-order valence-electron chi connectivity index (χ0n) is 18.4. The van der Waals surface area contributed by atoms with Crippen LogP contribution in [0.4, 0.5) is 0 Å². The van der Waals surface area contributed by atoms with Crippen molar-refractivity contribution >= 4 is 17.7 Å². The van der Waals surface area contributed by atoms with Gasteiger partial charge < -0.3 is 23.5 Å². The van der Waals surface area contributed by atoms with Gasteiger partial charge in [-0.25, -0.2) is 0 Å². The van der Waals surface area contributed by atoms with E-state index < -0.39 is 0 Å². The molecule has 2 aliphatic rings. The van der Waals surface area contributed by atoms with E-state index in [1.54, 1.807) is 0 Å². The fourth-order valence-corrected chi connectivity index (χ4v) is 4.69. The molecule has 33 heavy (non-hydrogen) atoms. The van der Waals surface area contributed by atoms with Crippen molar-refractivity contribution in [2.24, 2.45) is 0 Å². The van der Waals surface area contributed by atoms with Crippen molar-refractivity contribution < 1.29 is 23.4 Å². The average Bonchev–Trinajstić information content (AvgIpc) is 3.52. The minimum Gasteiger partial charge on any atom is -0.486 e. The van der Waals surface area contributed by atoms with Crippen LogP contribution in [0.1, 0.15) is 35.9 Å². The Bertz CT molecular complexity index is 1120. The maximum Gasteiger partial charge on any atom is 0.277 e. The van der Waals surface area contributed by atoms with Gasteiger partial charge in [-0.3, -0.25) is 4.79 Å². The van der Waals surface area contributed by atoms with Crippen LogP contribution in [0, 0.1) is 6.92 Å². The maximum absolute atomic E-state index is 13.0.